The normalized spacial score (nSPS) is 10.8. The van der Waals surface area contributed by atoms with Crippen molar-refractivity contribution in [2.24, 2.45) is 4.99 Å². The molecule has 0 heterocycles. The molecule has 0 aliphatic rings. The second-order valence-electron chi connectivity index (χ2n) is 12.8. The first-order valence-corrected chi connectivity index (χ1v) is 17.9. The molecule has 7 aromatic carbocycles. The molecule has 0 atom stereocenters. The van der Waals surface area contributed by atoms with Crippen LogP contribution in [0.1, 0.15) is 38.2 Å². The Labute approximate surface area is 327 Å². The van der Waals surface area contributed by atoms with Gasteiger partial charge in [0.1, 0.15) is 6.29 Å². The van der Waals surface area contributed by atoms with Crippen LogP contribution in [-0.2, 0) is 0 Å². The molecule has 7 aromatic rings. The zero-order valence-corrected chi connectivity index (χ0v) is 30.4. The summed E-state index contributed by atoms with van der Waals surface area (Å²) in [6.45, 7) is 11.6. The molecule has 0 spiro atoms. The Hall–Kier alpha value is -8.06. The second-order valence-corrected chi connectivity index (χ2v) is 12.8. The first-order chi connectivity index (χ1) is 27.6. The van der Waals surface area contributed by atoms with E-state index in [9.17, 15) is 10.1 Å². The Bertz CT molecular complexity index is 2410. The molecule has 7 rings (SSSR count). The maximum Gasteiger partial charge on any atom is 0.194 e. The third kappa shape index (κ3) is 8.27. The van der Waals surface area contributed by atoms with Crippen molar-refractivity contribution >= 4 is 82.8 Å². The maximum atomic E-state index is 11.3. The number of hydrogen-bond donors (Lipinski definition) is 0. The summed E-state index contributed by atoms with van der Waals surface area (Å²) >= 11 is 0. The van der Waals surface area contributed by atoms with E-state index in [4.69, 9.17) is 6.57 Å². The van der Waals surface area contributed by atoms with Crippen LogP contribution in [0, 0.1) is 17.9 Å². The van der Waals surface area contributed by atoms with E-state index < -0.39 is 0 Å². The molecule has 266 valence electrons. The SMILES string of the molecule is [C-]#[N+]c1cc(/C=C\c2ccc(N(c3ccccc3)c3ccc(N=C)cc3)cc2)c(C#N)cc1/C=C\c1ccc(N(c2ccccc2)c2ccc(C=O)cc2)cc1. The molecule has 0 radical (unpaired) electrons. The Morgan fingerprint density at radius 2 is 0.946 bits per heavy atom. The van der Waals surface area contributed by atoms with E-state index in [-0.39, 0.29) is 0 Å². The van der Waals surface area contributed by atoms with Crippen LogP contribution in [-0.4, -0.2) is 13.0 Å². The van der Waals surface area contributed by atoms with E-state index in [0.29, 0.717) is 27.9 Å². The number of nitrogens with zero attached hydrogens (tertiary/aromatic N) is 5. The van der Waals surface area contributed by atoms with E-state index in [1.54, 1.807) is 12.1 Å². The van der Waals surface area contributed by atoms with Crippen molar-refractivity contribution in [3.05, 3.63) is 215 Å². The molecule has 0 unspecified atom stereocenters. The number of rotatable bonds is 12. The molecule has 0 N–H and O–H groups in total. The summed E-state index contributed by atoms with van der Waals surface area (Å²) < 4.78 is 0. The number of carbonyl (C=O) groups is 1. The molecule has 6 heteroatoms. The first kappa shape index (κ1) is 36.3. The largest absolute Gasteiger partial charge is 0.311 e. The minimum Gasteiger partial charge on any atom is -0.311 e. The number of hydrogen-bond acceptors (Lipinski definition) is 5. The van der Waals surface area contributed by atoms with Gasteiger partial charge in [-0.1, -0.05) is 85.0 Å². The van der Waals surface area contributed by atoms with Gasteiger partial charge in [0.2, 0.25) is 0 Å². The molecule has 0 saturated heterocycles. The highest BCUT2D eigenvalue weighted by Crippen LogP contribution is 2.37. The fourth-order valence-corrected chi connectivity index (χ4v) is 6.38. The number of anilines is 6. The van der Waals surface area contributed by atoms with Crippen LogP contribution in [0.25, 0.3) is 29.1 Å². The van der Waals surface area contributed by atoms with Crippen LogP contribution < -0.4 is 9.80 Å². The second kappa shape index (κ2) is 17.2. The van der Waals surface area contributed by atoms with E-state index >= 15 is 0 Å². The number of carbonyl (C=O) groups excluding carboxylic acids is 1. The summed E-state index contributed by atoms with van der Waals surface area (Å²) in [6, 6.07) is 57.8. The van der Waals surface area contributed by atoms with Crippen LogP contribution >= 0.6 is 0 Å². The molecule has 6 nitrogen and oxygen atoms in total. The Morgan fingerprint density at radius 3 is 1.36 bits per heavy atom. The lowest BCUT2D eigenvalue weighted by Crippen LogP contribution is -2.09. The van der Waals surface area contributed by atoms with Gasteiger partial charge in [-0.15, -0.1) is 0 Å². The monoisotopic (exact) mass is 721 g/mol. The molecule has 0 bridgehead atoms. The summed E-state index contributed by atoms with van der Waals surface area (Å²) in [5, 5.41) is 10.1. The van der Waals surface area contributed by atoms with Crippen LogP contribution in [0.2, 0.25) is 0 Å². The fraction of sp³-hybridized carbons (Fsp3) is 0. The smallest absolute Gasteiger partial charge is 0.194 e. The molecule has 56 heavy (non-hydrogen) atoms. The molecule has 0 aromatic heterocycles. The fourth-order valence-electron chi connectivity index (χ4n) is 6.38. The average Bonchev–Trinajstić information content (AvgIpc) is 3.27. The third-order valence-corrected chi connectivity index (χ3v) is 9.26. The van der Waals surface area contributed by atoms with Crippen molar-refractivity contribution in [1.29, 1.82) is 5.26 Å². The van der Waals surface area contributed by atoms with E-state index in [1.165, 1.54) is 0 Å². The van der Waals surface area contributed by atoms with Crippen molar-refractivity contribution in [2.75, 3.05) is 9.80 Å². The number of nitriles is 1. The van der Waals surface area contributed by atoms with Gasteiger partial charge >= 0.3 is 0 Å². The summed E-state index contributed by atoms with van der Waals surface area (Å²) in [5.74, 6) is 0. The van der Waals surface area contributed by atoms with Gasteiger partial charge in [-0.05, 0) is 138 Å². The van der Waals surface area contributed by atoms with Gasteiger partial charge in [0.05, 0.1) is 23.9 Å². The Balaban J connectivity index is 1.10. The first-order valence-electron chi connectivity index (χ1n) is 17.9. The molecular formula is C50H35N5O. The van der Waals surface area contributed by atoms with Crippen LogP contribution in [0.5, 0.6) is 0 Å². The van der Waals surface area contributed by atoms with Crippen molar-refractivity contribution in [1.82, 2.24) is 0 Å². The molecule has 0 aliphatic carbocycles. The number of para-hydroxylation sites is 2. The number of aldehydes is 1. The van der Waals surface area contributed by atoms with Crippen molar-refractivity contribution in [3.63, 3.8) is 0 Å². The molecular weight excluding hydrogens is 687 g/mol. The van der Waals surface area contributed by atoms with E-state index in [1.807, 2.05) is 158 Å². The highest BCUT2D eigenvalue weighted by Gasteiger charge is 2.14. The molecule has 0 fully saturated rings. The van der Waals surface area contributed by atoms with Crippen LogP contribution in [0.3, 0.4) is 0 Å². The van der Waals surface area contributed by atoms with E-state index in [2.05, 4.69) is 56.7 Å². The zero-order chi connectivity index (χ0) is 38.7. The van der Waals surface area contributed by atoms with Crippen molar-refractivity contribution in [3.8, 4) is 6.07 Å². The predicted octanol–water partition coefficient (Wildman–Crippen LogP) is 13.5. The predicted molar refractivity (Wildman–Crippen MR) is 232 cm³/mol. The van der Waals surface area contributed by atoms with Crippen LogP contribution in [0.4, 0.5) is 45.5 Å². The lowest BCUT2D eigenvalue weighted by Gasteiger charge is -2.25. The molecule has 0 saturated carbocycles. The van der Waals surface area contributed by atoms with Gasteiger partial charge < -0.3 is 9.80 Å². The van der Waals surface area contributed by atoms with Gasteiger partial charge in [0.15, 0.2) is 5.69 Å². The standard InChI is InChI=1S/C50H35N5O/c1-52-43-23-31-49(32-24-43)55(45-11-7-4-8-12-45)47-25-15-37(16-26-47)13-21-40-34-50(53-2)41(33-42(40)35-51)22-14-38-17-27-46(28-18-38)54(44-9-5-3-6-10-44)48-29-19-39(36-56)20-30-48/h3-34,36H,1H2/b21-13-,22-14-. The highest BCUT2D eigenvalue weighted by atomic mass is 16.1. The van der Waals surface area contributed by atoms with Gasteiger partial charge in [-0.2, -0.15) is 5.26 Å². The Morgan fingerprint density at radius 1 is 0.536 bits per heavy atom. The highest BCUT2D eigenvalue weighted by molar-refractivity contribution is 5.85. The maximum absolute atomic E-state index is 11.3. The lowest BCUT2D eigenvalue weighted by molar-refractivity contribution is 0.112. The number of aliphatic imine (C=N–C) groups is 1. The van der Waals surface area contributed by atoms with Gasteiger partial charge in [-0.3, -0.25) is 9.79 Å². The topological polar surface area (TPSA) is 64.1 Å². The van der Waals surface area contributed by atoms with Gasteiger partial charge in [-0.25, -0.2) is 4.85 Å². The minimum absolute atomic E-state index is 0.456. The van der Waals surface area contributed by atoms with Gasteiger partial charge in [0, 0.05) is 39.7 Å². The van der Waals surface area contributed by atoms with E-state index in [0.717, 1.165) is 57.2 Å². The summed E-state index contributed by atoms with van der Waals surface area (Å²) in [7, 11) is 0. The third-order valence-electron chi connectivity index (χ3n) is 9.26. The Kier molecular flexibility index (Phi) is 11.1. The quantitative estimate of drug-likeness (QED) is 0.0545. The van der Waals surface area contributed by atoms with Crippen LogP contribution in [0.15, 0.2) is 175 Å². The minimum atomic E-state index is 0.456. The molecule has 0 aliphatic heterocycles. The molecule has 0 amide bonds. The lowest BCUT2D eigenvalue weighted by atomic mass is 10.0. The summed E-state index contributed by atoms with van der Waals surface area (Å²) in [5.41, 5.74) is 11.5. The zero-order valence-electron chi connectivity index (χ0n) is 30.4. The average molecular weight is 722 g/mol. The summed E-state index contributed by atoms with van der Waals surface area (Å²) in [4.78, 5) is 23.4. The number of benzene rings is 7. The summed E-state index contributed by atoms with van der Waals surface area (Å²) in [6.07, 6.45) is 8.50. The van der Waals surface area contributed by atoms with Crippen molar-refractivity contribution in [2.45, 2.75) is 0 Å². The van der Waals surface area contributed by atoms with Gasteiger partial charge in [0.25, 0.3) is 0 Å². The van der Waals surface area contributed by atoms with Crippen molar-refractivity contribution < 1.29 is 4.79 Å².